The van der Waals surface area contributed by atoms with Gasteiger partial charge in [-0.15, -0.1) is 0 Å². The molecule has 0 radical (unpaired) electrons. The van der Waals surface area contributed by atoms with Gasteiger partial charge in [0.2, 0.25) is 5.91 Å². The normalized spacial score (nSPS) is 17.1. The van der Waals surface area contributed by atoms with Crippen LogP contribution >= 0.6 is 0 Å². The van der Waals surface area contributed by atoms with Gasteiger partial charge in [0, 0.05) is 31.2 Å². The average Bonchev–Trinajstić information content (AvgIpc) is 3.27. The highest BCUT2D eigenvalue weighted by molar-refractivity contribution is 5.93. The van der Waals surface area contributed by atoms with E-state index in [1.54, 1.807) is 10.9 Å². The lowest BCUT2D eigenvalue weighted by atomic mass is 9.96. The van der Waals surface area contributed by atoms with Crippen molar-refractivity contribution in [2.24, 2.45) is 5.92 Å². The fraction of sp³-hybridized carbons (Fsp3) is 0.333. The van der Waals surface area contributed by atoms with Crippen LogP contribution in [0.15, 0.2) is 54.9 Å². The van der Waals surface area contributed by atoms with Crippen molar-refractivity contribution in [2.75, 3.05) is 18.4 Å². The van der Waals surface area contributed by atoms with E-state index in [1.807, 2.05) is 62.5 Å². The summed E-state index contributed by atoms with van der Waals surface area (Å²) in [5, 5.41) is 17.3. The molecule has 1 atom stereocenters. The van der Waals surface area contributed by atoms with E-state index in [0.717, 1.165) is 55.0 Å². The summed E-state index contributed by atoms with van der Waals surface area (Å²) in [6.07, 6.45) is 5.52. The first-order chi connectivity index (χ1) is 14.5. The minimum Gasteiger partial charge on any atom is -0.507 e. The Hall–Kier alpha value is -3.12. The maximum atomic E-state index is 12.9. The summed E-state index contributed by atoms with van der Waals surface area (Å²) in [5.41, 5.74) is 4.67. The molecular weight excluding hydrogens is 376 g/mol. The number of piperidine rings is 1. The molecule has 1 aromatic heterocycles. The third-order valence-corrected chi connectivity index (χ3v) is 5.72. The summed E-state index contributed by atoms with van der Waals surface area (Å²) in [4.78, 5) is 15.3. The van der Waals surface area contributed by atoms with E-state index in [1.165, 1.54) is 5.56 Å². The van der Waals surface area contributed by atoms with Gasteiger partial charge in [0.15, 0.2) is 0 Å². The third kappa shape index (κ3) is 4.54. The molecule has 1 fully saturated rings. The first kappa shape index (κ1) is 20.2. The zero-order valence-corrected chi connectivity index (χ0v) is 17.5. The van der Waals surface area contributed by atoms with Crippen molar-refractivity contribution in [1.29, 1.82) is 0 Å². The third-order valence-electron chi connectivity index (χ3n) is 5.72. The van der Waals surface area contributed by atoms with Crippen LogP contribution in [0.4, 0.5) is 5.69 Å². The number of phenolic OH excluding ortho intramolecular Hbond substituents is 1. The van der Waals surface area contributed by atoms with Gasteiger partial charge in [-0.25, -0.2) is 4.68 Å². The standard InChI is InChI=1S/C24H28N4O2/c1-17-12-19(13-18(2)23(17)29)15-27-10-4-6-20(16-27)24(30)26-21-7-3-8-22(14-21)28-11-5-9-25-28/h3,5,7-9,11-14,20,29H,4,6,10,15-16H2,1-2H3,(H,26,30)/t20-/m0/s1. The van der Waals surface area contributed by atoms with Gasteiger partial charge in [0.1, 0.15) is 5.75 Å². The molecule has 6 heteroatoms. The molecule has 2 aromatic carbocycles. The van der Waals surface area contributed by atoms with E-state index in [4.69, 9.17) is 0 Å². The number of hydrogen-bond acceptors (Lipinski definition) is 4. The largest absolute Gasteiger partial charge is 0.507 e. The second kappa shape index (κ2) is 8.71. The van der Waals surface area contributed by atoms with E-state index in [9.17, 15) is 9.90 Å². The van der Waals surface area contributed by atoms with Crippen molar-refractivity contribution in [2.45, 2.75) is 33.2 Å². The van der Waals surface area contributed by atoms with Crippen LogP contribution in [-0.4, -0.2) is 38.8 Å². The molecule has 2 N–H and O–H groups in total. The minimum absolute atomic E-state index is 0.0357. The molecule has 1 saturated heterocycles. The Morgan fingerprint density at radius 1 is 1.20 bits per heavy atom. The molecule has 156 valence electrons. The maximum Gasteiger partial charge on any atom is 0.228 e. The number of aromatic hydroxyl groups is 1. The van der Waals surface area contributed by atoms with Crippen molar-refractivity contribution in [1.82, 2.24) is 14.7 Å². The Morgan fingerprint density at radius 2 is 2.00 bits per heavy atom. The van der Waals surface area contributed by atoms with Crippen LogP contribution in [0.25, 0.3) is 5.69 Å². The Bertz CT molecular complexity index is 1010. The van der Waals surface area contributed by atoms with Crippen LogP contribution < -0.4 is 5.32 Å². The zero-order valence-electron chi connectivity index (χ0n) is 17.5. The number of likely N-dealkylation sites (tertiary alicyclic amines) is 1. The smallest absolute Gasteiger partial charge is 0.228 e. The molecule has 3 aromatic rings. The van der Waals surface area contributed by atoms with Crippen molar-refractivity contribution in [3.8, 4) is 11.4 Å². The highest BCUT2D eigenvalue weighted by atomic mass is 16.3. The SMILES string of the molecule is Cc1cc(CN2CCC[C@H](C(=O)Nc3cccc(-n4cccn4)c3)C2)cc(C)c1O. The van der Waals surface area contributed by atoms with Crippen LogP contribution in [0.2, 0.25) is 0 Å². The van der Waals surface area contributed by atoms with Crippen LogP contribution in [-0.2, 0) is 11.3 Å². The predicted octanol–water partition coefficient (Wildman–Crippen LogP) is 4.05. The monoisotopic (exact) mass is 404 g/mol. The van der Waals surface area contributed by atoms with Crippen molar-refractivity contribution in [3.63, 3.8) is 0 Å². The minimum atomic E-state index is -0.0357. The molecular formula is C24H28N4O2. The molecule has 1 aliphatic heterocycles. The number of benzene rings is 2. The molecule has 1 aliphatic rings. The van der Waals surface area contributed by atoms with Crippen molar-refractivity contribution >= 4 is 11.6 Å². The lowest BCUT2D eigenvalue weighted by molar-refractivity contribution is -0.121. The van der Waals surface area contributed by atoms with Crippen LogP contribution in [0, 0.1) is 19.8 Å². The summed E-state index contributed by atoms with van der Waals surface area (Å²) < 4.78 is 1.78. The number of rotatable bonds is 5. The van der Waals surface area contributed by atoms with Crippen LogP contribution in [0.3, 0.4) is 0 Å². The number of phenols is 1. The summed E-state index contributed by atoms with van der Waals surface area (Å²) in [6, 6.07) is 13.7. The fourth-order valence-electron chi connectivity index (χ4n) is 4.20. The quantitative estimate of drug-likeness (QED) is 0.673. The van der Waals surface area contributed by atoms with Gasteiger partial charge in [-0.1, -0.05) is 18.2 Å². The molecule has 1 amide bonds. The molecule has 6 nitrogen and oxygen atoms in total. The predicted molar refractivity (Wildman–Crippen MR) is 118 cm³/mol. The maximum absolute atomic E-state index is 12.9. The van der Waals surface area contributed by atoms with E-state index >= 15 is 0 Å². The summed E-state index contributed by atoms with van der Waals surface area (Å²) in [7, 11) is 0. The lowest BCUT2D eigenvalue weighted by Crippen LogP contribution is -2.40. The highest BCUT2D eigenvalue weighted by Gasteiger charge is 2.26. The Kier molecular flexibility index (Phi) is 5.86. The second-order valence-corrected chi connectivity index (χ2v) is 8.14. The van der Waals surface area contributed by atoms with Crippen LogP contribution in [0.1, 0.15) is 29.5 Å². The number of nitrogens with one attached hydrogen (secondary N) is 1. The topological polar surface area (TPSA) is 70.4 Å². The van der Waals surface area contributed by atoms with Gasteiger partial charge >= 0.3 is 0 Å². The van der Waals surface area contributed by atoms with Crippen molar-refractivity contribution in [3.05, 3.63) is 71.5 Å². The van der Waals surface area contributed by atoms with E-state index in [0.29, 0.717) is 5.75 Å². The first-order valence-corrected chi connectivity index (χ1v) is 10.4. The fourth-order valence-corrected chi connectivity index (χ4v) is 4.20. The Morgan fingerprint density at radius 3 is 2.73 bits per heavy atom. The molecule has 4 rings (SSSR count). The van der Waals surface area contributed by atoms with E-state index in [2.05, 4.69) is 15.3 Å². The molecule has 0 aliphatic carbocycles. The van der Waals surface area contributed by atoms with Gasteiger partial charge in [-0.2, -0.15) is 5.10 Å². The summed E-state index contributed by atoms with van der Waals surface area (Å²) in [6.45, 7) is 6.37. The molecule has 0 saturated carbocycles. The Balaban J connectivity index is 1.40. The molecule has 0 bridgehead atoms. The number of nitrogens with zero attached hydrogens (tertiary/aromatic N) is 3. The first-order valence-electron chi connectivity index (χ1n) is 10.4. The molecule has 0 spiro atoms. The van der Waals surface area contributed by atoms with Gasteiger partial charge in [-0.3, -0.25) is 9.69 Å². The summed E-state index contributed by atoms with van der Waals surface area (Å²) >= 11 is 0. The number of anilines is 1. The van der Waals surface area contributed by atoms with Gasteiger partial charge in [-0.05, 0) is 74.2 Å². The van der Waals surface area contributed by atoms with Gasteiger partial charge in [0.05, 0.1) is 11.6 Å². The van der Waals surface area contributed by atoms with E-state index < -0.39 is 0 Å². The lowest BCUT2D eigenvalue weighted by Gasteiger charge is -2.32. The van der Waals surface area contributed by atoms with Gasteiger partial charge in [0.25, 0.3) is 0 Å². The Labute approximate surface area is 177 Å². The number of aromatic nitrogens is 2. The molecule has 2 heterocycles. The van der Waals surface area contributed by atoms with Crippen molar-refractivity contribution < 1.29 is 9.90 Å². The zero-order chi connectivity index (χ0) is 21.1. The number of amides is 1. The number of carbonyl (C=O) groups is 1. The van der Waals surface area contributed by atoms with E-state index in [-0.39, 0.29) is 11.8 Å². The van der Waals surface area contributed by atoms with Crippen LogP contribution in [0.5, 0.6) is 5.75 Å². The average molecular weight is 405 g/mol. The van der Waals surface area contributed by atoms with Gasteiger partial charge < -0.3 is 10.4 Å². The molecule has 0 unspecified atom stereocenters. The number of hydrogen-bond donors (Lipinski definition) is 2. The number of aryl methyl sites for hydroxylation is 2. The summed E-state index contributed by atoms with van der Waals surface area (Å²) in [5.74, 6) is 0.397. The highest BCUT2D eigenvalue weighted by Crippen LogP contribution is 2.26. The number of carbonyl (C=O) groups excluding carboxylic acids is 1. The molecule has 30 heavy (non-hydrogen) atoms. The second-order valence-electron chi connectivity index (χ2n) is 8.14.